The normalized spacial score (nSPS) is 15.6. The first kappa shape index (κ1) is 13.4. The lowest BCUT2D eigenvalue weighted by atomic mass is 10.2. The molecule has 0 radical (unpaired) electrons. The lowest BCUT2D eigenvalue weighted by Gasteiger charge is -2.26. The van der Waals surface area contributed by atoms with Crippen LogP contribution < -0.4 is 10.1 Å². The zero-order chi connectivity index (χ0) is 13.0. The molecule has 4 nitrogen and oxygen atoms in total. The Kier molecular flexibility index (Phi) is 4.60. The first-order valence-corrected chi connectivity index (χ1v) is 6.96. The molecule has 1 saturated heterocycles. The molecule has 1 N–H and O–H groups in total. The van der Waals surface area contributed by atoms with Crippen molar-refractivity contribution in [2.45, 2.75) is 13.3 Å². The third-order valence-corrected chi connectivity index (χ3v) is 3.75. The Morgan fingerprint density at radius 1 is 1.44 bits per heavy atom. The molecule has 0 atom stereocenters. The number of amides is 1. The van der Waals surface area contributed by atoms with E-state index in [-0.39, 0.29) is 6.09 Å². The van der Waals surface area contributed by atoms with Crippen LogP contribution >= 0.6 is 15.9 Å². The number of hydrogen-bond donors (Lipinski definition) is 1. The maximum Gasteiger partial charge on any atom is 0.415 e. The van der Waals surface area contributed by atoms with Gasteiger partial charge in [-0.15, -0.1) is 0 Å². The molecule has 1 aliphatic rings. The van der Waals surface area contributed by atoms with Crippen LogP contribution in [0.5, 0.6) is 5.75 Å². The number of halogens is 1. The van der Waals surface area contributed by atoms with Crippen molar-refractivity contribution in [3.8, 4) is 5.75 Å². The van der Waals surface area contributed by atoms with Crippen LogP contribution in [0.1, 0.15) is 12.5 Å². The fraction of sp³-hybridized carbons (Fsp3) is 0.462. The van der Waals surface area contributed by atoms with Crippen LogP contribution in [0.15, 0.2) is 22.7 Å². The van der Waals surface area contributed by atoms with Crippen LogP contribution in [0.3, 0.4) is 0 Å². The van der Waals surface area contributed by atoms with Gasteiger partial charge >= 0.3 is 6.09 Å². The molecule has 0 aromatic heterocycles. The Morgan fingerprint density at radius 3 is 2.83 bits per heavy atom. The highest BCUT2D eigenvalue weighted by Crippen LogP contribution is 2.23. The van der Waals surface area contributed by atoms with E-state index >= 15 is 0 Å². The summed E-state index contributed by atoms with van der Waals surface area (Å²) < 4.78 is 6.44. The zero-order valence-electron chi connectivity index (χ0n) is 10.4. The van der Waals surface area contributed by atoms with Gasteiger partial charge in [-0.05, 0) is 30.2 Å². The number of hydrogen-bond acceptors (Lipinski definition) is 3. The van der Waals surface area contributed by atoms with Crippen molar-refractivity contribution in [1.82, 2.24) is 10.2 Å². The second kappa shape index (κ2) is 6.20. The van der Waals surface area contributed by atoms with E-state index in [1.54, 1.807) is 4.90 Å². The van der Waals surface area contributed by atoms with Gasteiger partial charge in [0.25, 0.3) is 0 Å². The molecular weight excluding hydrogens is 296 g/mol. The number of rotatable bonds is 2. The van der Waals surface area contributed by atoms with Crippen molar-refractivity contribution in [3.05, 3.63) is 28.2 Å². The number of piperazine rings is 1. The van der Waals surface area contributed by atoms with E-state index in [0.29, 0.717) is 18.8 Å². The summed E-state index contributed by atoms with van der Waals surface area (Å²) in [5, 5.41) is 3.20. The summed E-state index contributed by atoms with van der Waals surface area (Å²) in [6.45, 7) is 5.14. The summed E-state index contributed by atoms with van der Waals surface area (Å²) in [7, 11) is 0. The molecule has 0 unspecified atom stereocenters. The Hall–Kier alpha value is -1.07. The molecule has 1 fully saturated rings. The molecular formula is C13H17BrN2O2. The maximum atomic E-state index is 11.9. The topological polar surface area (TPSA) is 41.6 Å². The highest BCUT2D eigenvalue weighted by molar-refractivity contribution is 9.10. The van der Waals surface area contributed by atoms with Gasteiger partial charge in [0.05, 0.1) is 0 Å². The lowest BCUT2D eigenvalue weighted by Crippen LogP contribution is -2.47. The van der Waals surface area contributed by atoms with Gasteiger partial charge in [0.2, 0.25) is 0 Å². The minimum Gasteiger partial charge on any atom is -0.410 e. The average Bonchev–Trinajstić information content (AvgIpc) is 2.42. The van der Waals surface area contributed by atoms with Gasteiger partial charge in [0, 0.05) is 30.7 Å². The quantitative estimate of drug-likeness (QED) is 0.912. The van der Waals surface area contributed by atoms with Crippen LogP contribution in [0.4, 0.5) is 4.79 Å². The summed E-state index contributed by atoms with van der Waals surface area (Å²) in [5.74, 6) is 0.610. The molecule has 1 aromatic carbocycles. The van der Waals surface area contributed by atoms with Gasteiger partial charge in [-0.2, -0.15) is 0 Å². The van der Waals surface area contributed by atoms with E-state index in [9.17, 15) is 4.79 Å². The predicted molar refractivity (Wildman–Crippen MR) is 74.0 cm³/mol. The minimum absolute atomic E-state index is 0.263. The Morgan fingerprint density at radius 2 is 2.17 bits per heavy atom. The molecule has 0 bridgehead atoms. The van der Waals surface area contributed by atoms with E-state index in [0.717, 1.165) is 29.5 Å². The largest absolute Gasteiger partial charge is 0.415 e. The van der Waals surface area contributed by atoms with Gasteiger partial charge in [-0.25, -0.2) is 4.79 Å². The van der Waals surface area contributed by atoms with Gasteiger partial charge in [-0.1, -0.05) is 22.9 Å². The second-order valence-electron chi connectivity index (χ2n) is 4.21. The molecule has 2 rings (SSSR count). The summed E-state index contributed by atoms with van der Waals surface area (Å²) in [5.41, 5.74) is 1.14. The van der Waals surface area contributed by atoms with Gasteiger partial charge in [-0.3, -0.25) is 0 Å². The molecule has 1 aliphatic heterocycles. The minimum atomic E-state index is -0.263. The van der Waals surface area contributed by atoms with Crippen molar-refractivity contribution in [1.29, 1.82) is 0 Å². The molecule has 0 spiro atoms. The van der Waals surface area contributed by atoms with Crippen molar-refractivity contribution in [2.75, 3.05) is 26.2 Å². The first-order chi connectivity index (χ1) is 8.70. The number of ether oxygens (including phenoxy) is 1. The molecule has 98 valence electrons. The molecule has 1 heterocycles. The second-order valence-corrected chi connectivity index (χ2v) is 5.07. The Bertz CT molecular complexity index is 431. The number of benzene rings is 1. The van der Waals surface area contributed by atoms with Crippen molar-refractivity contribution < 1.29 is 9.53 Å². The number of nitrogens with zero attached hydrogens (tertiary/aromatic N) is 1. The smallest absolute Gasteiger partial charge is 0.410 e. The molecule has 5 heteroatoms. The molecule has 18 heavy (non-hydrogen) atoms. The average molecular weight is 313 g/mol. The number of carbonyl (C=O) groups is 1. The summed E-state index contributed by atoms with van der Waals surface area (Å²) in [4.78, 5) is 13.6. The summed E-state index contributed by atoms with van der Waals surface area (Å²) in [6.07, 6.45) is 0.639. The van der Waals surface area contributed by atoms with Gasteiger partial charge in [0.15, 0.2) is 0 Å². The van der Waals surface area contributed by atoms with E-state index < -0.39 is 0 Å². The predicted octanol–water partition coefficient (Wildman–Crippen LogP) is 2.42. The third kappa shape index (κ3) is 3.23. The fourth-order valence-electron chi connectivity index (χ4n) is 1.90. The monoisotopic (exact) mass is 312 g/mol. The lowest BCUT2D eigenvalue weighted by molar-refractivity contribution is 0.146. The maximum absolute atomic E-state index is 11.9. The number of nitrogens with one attached hydrogen (secondary N) is 1. The SMILES string of the molecule is CCc1cc(OC(=O)N2CCNCC2)ccc1Br. The standard InChI is InChI=1S/C13H17BrN2O2/c1-2-10-9-11(3-4-12(10)14)18-13(17)16-7-5-15-6-8-16/h3-4,9,15H,2,5-8H2,1H3. The fourth-order valence-corrected chi connectivity index (χ4v) is 2.43. The Balaban J connectivity index is 2.02. The van der Waals surface area contributed by atoms with E-state index in [1.165, 1.54) is 0 Å². The molecule has 0 saturated carbocycles. The zero-order valence-corrected chi connectivity index (χ0v) is 12.0. The van der Waals surface area contributed by atoms with Crippen molar-refractivity contribution in [2.24, 2.45) is 0 Å². The van der Waals surface area contributed by atoms with Crippen LogP contribution in [-0.4, -0.2) is 37.2 Å². The third-order valence-electron chi connectivity index (χ3n) is 2.98. The van der Waals surface area contributed by atoms with Crippen molar-refractivity contribution >= 4 is 22.0 Å². The van der Waals surface area contributed by atoms with Crippen molar-refractivity contribution in [3.63, 3.8) is 0 Å². The highest BCUT2D eigenvalue weighted by atomic mass is 79.9. The van der Waals surface area contributed by atoms with Crippen LogP contribution in [0.2, 0.25) is 0 Å². The van der Waals surface area contributed by atoms with Crippen LogP contribution in [0.25, 0.3) is 0 Å². The van der Waals surface area contributed by atoms with Gasteiger partial charge in [0.1, 0.15) is 5.75 Å². The summed E-state index contributed by atoms with van der Waals surface area (Å²) in [6, 6.07) is 5.63. The molecule has 0 aliphatic carbocycles. The molecule has 1 amide bonds. The van der Waals surface area contributed by atoms with Gasteiger partial charge < -0.3 is 15.0 Å². The summed E-state index contributed by atoms with van der Waals surface area (Å²) >= 11 is 3.47. The number of aryl methyl sites for hydroxylation is 1. The van der Waals surface area contributed by atoms with E-state index in [4.69, 9.17) is 4.74 Å². The highest BCUT2D eigenvalue weighted by Gasteiger charge is 2.18. The number of carbonyl (C=O) groups excluding carboxylic acids is 1. The Labute approximate surface area is 115 Å². The molecule has 1 aromatic rings. The van der Waals surface area contributed by atoms with E-state index in [1.807, 2.05) is 18.2 Å². The van der Waals surface area contributed by atoms with Crippen LogP contribution in [0, 0.1) is 0 Å². The van der Waals surface area contributed by atoms with Crippen LogP contribution in [-0.2, 0) is 6.42 Å². The first-order valence-electron chi connectivity index (χ1n) is 6.16. The van der Waals surface area contributed by atoms with E-state index in [2.05, 4.69) is 28.2 Å².